The van der Waals surface area contributed by atoms with Crippen molar-refractivity contribution in [3.05, 3.63) is 64.5 Å². The monoisotopic (exact) mass is 452 g/mol. The van der Waals surface area contributed by atoms with Gasteiger partial charge in [-0.1, -0.05) is 30.3 Å². The van der Waals surface area contributed by atoms with Gasteiger partial charge in [-0.3, -0.25) is 0 Å². The molecule has 2 aromatic carbocycles. The highest BCUT2D eigenvalue weighted by Gasteiger charge is 2.58. The first-order valence-electron chi connectivity index (χ1n) is 10.7. The van der Waals surface area contributed by atoms with Gasteiger partial charge in [-0.15, -0.1) is 0 Å². The second-order valence-electron chi connectivity index (χ2n) is 8.69. The molecule has 2 fully saturated rings. The number of methoxy groups -OCH3 is 1. The summed E-state index contributed by atoms with van der Waals surface area (Å²) in [6, 6.07) is 14.6. The highest BCUT2D eigenvalue weighted by molar-refractivity contribution is 5.87. The van der Waals surface area contributed by atoms with E-state index >= 15 is 0 Å². The van der Waals surface area contributed by atoms with Gasteiger partial charge in [-0.2, -0.15) is 0 Å². The Morgan fingerprint density at radius 3 is 2.42 bits per heavy atom. The SMILES string of the molecule is CO[C@@H]1[C@H]2OC(=O)O[C@@H]2C(Oc2ccc3c(C)c(-c4ccccc4)c(=O)oc3c2)OC1(C)C. The number of fused-ring (bicyclic) bond motifs is 2. The molecule has 2 saturated heterocycles. The van der Waals surface area contributed by atoms with E-state index in [0.717, 1.165) is 16.5 Å². The summed E-state index contributed by atoms with van der Waals surface area (Å²) in [6.45, 7) is 5.54. The lowest BCUT2D eigenvalue weighted by atomic mass is 9.89. The van der Waals surface area contributed by atoms with Crippen LogP contribution in [0.2, 0.25) is 0 Å². The van der Waals surface area contributed by atoms with Crippen molar-refractivity contribution in [2.45, 2.75) is 51.0 Å². The number of aryl methyl sites for hydroxylation is 1. The minimum Gasteiger partial charge on any atom is -0.461 e. The summed E-state index contributed by atoms with van der Waals surface area (Å²) >= 11 is 0. The molecule has 0 radical (unpaired) electrons. The predicted molar refractivity (Wildman–Crippen MR) is 118 cm³/mol. The van der Waals surface area contributed by atoms with E-state index in [1.807, 2.05) is 57.2 Å². The highest BCUT2D eigenvalue weighted by Crippen LogP contribution is 2.39. The fourth-order valence-electron chi connectivity index (χ4n) is 4.65. The van der Waals surface area contributed by atoms with Crippen molar-refractivity contribution in [2.75, 3.05) is 7.11 Å². The second kappa shape index (κ2) is 7.90. The Kier molecular flexibility index (Phi) is 5.14. The smallest absolute Gasteiger partial charge is 0.461 e. The Labute approximate surface area is 190 Å². The molecule has 3 heterocycles. The number of rotatable bonds is 4. The van der Waals surface area contributed by atoms with Crippen molar-refractivity contribution >= 4 is 17.1 Å². The average Bonchev–Trinajstić information content (AvgIpc) is 3.15. The third kappa shape index (κ3) is 3.65. The Bertz CT molecular complexity index is 1260. The molecule has 0 aliphatic carbocycles. The zero-order valence-corrected chi connectivity index (χ0v) is 18.7. The molecular formula is C25H24O8. The molecule has 5 rings (SSSR count). The van der Waals surface area contributed by atoms with Crippen LogP contribution in [0.1, 0.15) is 19.4 Å². The number of carbonyl (C=O) groups is 1. The van der Waals surface area contributed by atoms with Gasteiger partial charge in [0.05, 0.1) is 11.2 Å². The summed E-state index contributed by atoms with van der Waals surface area (Å²) in [5.41, 5.74) is 1.28. The van der Waals surface area contributed by atoms with Gasteiger partial charge in [-0.05, 0) is 44.0 Å². The van der Waals surface area contributed by atoms with Gasteiger partial charge in [0.25, 0.3) is 0 Å². The Hall–Kier alpha value is -3.36. The van der Waals surface area contributed by atoms with Crippen molar-refractivity contribution in [3.8, 4) is 16.9 Å². The number of benzene rings is 2. The fourth-order valence-corrected chi connectivity index (χ4v) is 4.65. The maximum Gasteiger partial charge on any atom is 0.509 e. The van der Waals surface area contributed by atoms with Gasteiger partial charge in [-0.25, -0.2) is 9.59 Å². The molecule has 0 amide bonds. The van der Waals surface area contributed by atoms with Crippen molar-refractivity contribution in [2.24, 2.45) is 0 Å². The molecule has 1 aromatic heterocycles. The summed E-state index contributed by atoms with van der Waals surface area (Å²) < 4.78 is 33.9. The Morgan fingerprint density at radius 2 is 1.70 bits per heavy atom. The summed E-state index contributed by atoms with van der Waals surface area (Å²) in [6.07, 6.45) is -3.74. The molecule has 33 heavy (non-hydrogen) atoms. The third-order valence-corrected chi connectivity index (χ3v) is 6.17. The fraction of sp³-hybridized carbons (Fsp3) is 0.360. The number of ether oxygens (including phenoxy) is 5. The van der Waals surface area contributed by atoms with Gasteiger partial charge in [0.1, 0.15) is 17.4 Å². The lowest BCUT2D eigenvalue weighted by Gasteiger charge is -2.45. The molecule has 2 aliphatic heterocycles. The molecular weight excluding hydrogens is 428 g/mol. The van der Waals surface area contributed by atoms with Crippen LogP contribution in [0.5, 0.6) is 5.75 Å². The van der Waals surface area contributed by atoms with Crippen LogP contribution in [0.3, 0.4) is 0 Å². The topological polar surface area (TPSA) is 93.4 Å². The van der Waals surface area contributed by atoms with E-state index in [4.69, 9.17) is 28.1 Å². The minimum atomic E-state index is -0.934. The first-order chi connectivity index (χ1) is 15.8. The Morgan fingerprint density at radius 1 is 0.970 bits per heavy atom. The van der Waals surface area contributed by atoms with Crippen LogP contribution < -0.4 is 10.4 Å². The normalized spacial score (nSPS) is 25.9. The van der Waals surface area contributed by atoms with Crippen molar-refractivity contribution in [3.63, 3.8) is 0 Å². The maximum atomic E-state index is 12.8. The molecule has 0 bridgehead atoms. The molecule has 1 unspecified atom stereocenters. The van der Waals surface area contributed by atoms with Gasteiger partial charge < -0.3 is 28.1 Å². The number of hydrogen-bond donors (Lipinski definition) is 0. The summed E-state index contributed by atoms with van der Waals surface area (Å²) in [5, 5.41) is 0.790. The zero-order chi connectivity index (χ0) is 23.3. The Balaban J connectivity index is 1.49. The average molecular weight is 452 g/mol. The van der Waals surface area contributed by atoms with E-state index in [2.05, 4.69) is 0 Å². The molecule has 2 aliphatic rings. The van der Waals surface area contributed by atoms with Crippen molar-refractivity contribution < 1.29 is 32.9 Å². The van der Waals surface area contributed by atoms with Crippen LogP contribution in [-0.4, -0.2) is 43.5 Å². The van der Waals surface area contributed by atoms with Gasteiger partial charge in [0.2, 0.25) is 12.4 Å². The van der Waals surface area contributed by atoms with Crippen LogP contribution >= 0.6 is 0 Å². The highest BCUT2D eigenvalue weighted by atomic mass is 16.8. The zero-order valence-electron chi connectivity index (χ0n) is 18.7. The van der Waals surface area contributed by atoms with E-state index in [9.17, 15) is 9.59 Å². The van der Waals surface area contributed by atoms with Crippen molar-refractivity contribution in [1.82, 2.24) is 0 Å². The van der Waals surface area contributed by atoms with E-state index in [-0.39, 0.29) is 0 Å². The van der Waals surface area contributed by atoms with Crippen LogP contribution in [0.25, 0.3) is 22.1 Å². The lowest BCUT2D eigenvalue weighted by molar-refractivity contribution is -0.282. The molecule has 8 heteroatoms. The van der Waals surface area contributed by atoms with E-state index in [1.54, 1.807) is 12.1 Å². The standard InChI is InChI=1S/C25H24O8/c1-13-16-11-10-15(12-17(16)30-22(26)18(13)14-8-6-5-7-9-14)29-23-20-19(31-24(27)32-20)21(28-4)25(2,3)33-23/h5-12,19-21,23H,1-4H3/t19-,20-,21+,23?/m0/s1. The summed E-state index contributed by atoms with van der Waals surface area (Å²) in [7, 11) is 1.53. The molecule has 0 spiro atoms. The van der Waals surface area contributed by atoms with E-state index in [1.165, 1.54) is 7.11 Å². The van der Waals surface area contributed by atoms with Crippen LogP contribution in [0.15, 0.2) is 57.7 Å². The number of hydrogen-bond acceptors (Lipinski definition) is 8. The van der Waals surface area contributed by atoms with Crippen LogP contribution in [0, 0.1) is 6.92 Å². The summed E-state index contributed by atoms with van der Waals surface area (Å²) in [4.78, 5) is 24.6. The summed E-state index contributed by atoms with van der Waals surface area (Å²) in [5.74, 6) is 0.399. The lowest BCUT2D eigenvalue weighted by Crippen LogP contribution is -2.62. The van der Waals surface area contributed by atoms with Gasteiger partial charge >= 0.3 is 11.8 Å². The second-order valence-corrected chi connectivity index (χ2v) is 8.69. The first kappa shape index (κ1) is 21.5. The molecule has 0 N–H and O–H groups in total. The van der Waals surface area contributed by atoms with Gasteiger partial charge in [0, 0.05) is 18.6 Å². The largest absolute Gasteiger partial charge is 0.509 e. The first-order valence-corrected chi connectivity index (χ1v) is 10.7. The maximum absolute atomic E-state index is 12.8. The quantitative estimate of drug-likeness (QED) is 0.430. The molecule has 0 saturated carbocycles. The predicted octanol–water partition coefficient (Wildman–Crippen LogP) is 4.20. The van der Waals surface area contributed by atoms with E-state index in [0.29, 0.717) is 16.9 Å². The van der Waals surface area contributed by atoms with Gasteiger partial charge in [0.15, 0.2) is 6.10 Å². The molecule has 8 nitrogen and oxygen atoms in total. The molecule has 172 valence electrons. The molecule has 4 atom stereocenters. The van der Waals surface area contributed by atoms with Crippen LogP contribution in [-0.2, 0) is 18.9 Å². The van der Waals surface area contributed by atoms with E-state index < -0.39 is 42.0 Å². The van der Waals surface area contributed by atoms with Crippen LogP contribution in [0.4, 0.5) is 4.79 Å². The van der Waals surface area contributed by atoms with Crippen molar-refractivity contribution in [1.29, 1.82) is 0 Å². The third-order valence-electron chi connectivity index (χ3n) is 6.17. The minimum absolute atomic E-state index is 0.385. The molecule has 3 aromatic rings. The number of carbonyl (C=O) groups excluding carboxylic acids is 1.